The Morgan fingerprint density at radius 3 is 2.58 bits per heavy atom. The van der Waals surface area contributed by atoms with Crippen molar-refractivity contribution in [3.05, 3.63) is 47.3 Å². The lowest BCUT2D eigenvalue weighted by atomic mass is 9.98. The first-order chi connectivity index (χ1) is 9.19. The Morgan fingerprint density at radius 2 is 1.89 bits per heavy atom. The Labute approximate surface area is 110 Å². The van der Waals surface area contributed by atoms with Gasteiger partial charge in [0.15, 0.2) is 11.5 Å². The molecule has 0 bridgehead atoms. The van der Waals surface area contributed by atoms with Crippen molar-refractivity contribution in [3.63, 3.8) is 0 Å². The Balaban J connectivity index is 2.19. The topological polar surface area (TPSA) is 18.5 Å². The number of rotatable bonds is 1. The molecule has 1 aliphatic heterocycles. The van der Waals surface area contributed by atoms with Crippen molar-refractivity contribution in [3.8, 4) is 35.0 Å². The molecular formula is C16H11FO2. The van der Waals surface area contributed by atoms with Crippen LogP contribution in [-0.4, -0.2) is 6.79 Å². The minimum atomic E-state index is -0.252. The van der Waals surface area contributed by atoms with Crippen LogP contribution < -0.4 is 9.47 Å². The molecule has 0 atom stereocenters. The Hall–Kier alpha value is -2.47. The number of ether oxygens (including phenoxy) is 2. The average Bonchev–Trinajstić information content (AvgIpc) is 2.87. The summed E-state index contributed by atoms with van der Waals surface area (Å²) in [5, 5.41) is 0. The average molecular weight is 254 g/mol. The van der Waals surface area contributed by atoms with E-state index < -0.39 is 0 Å². The van der Waals surface area contributed by atoms with Gasteiger partial charge in [0, 0.05) is 17.2 Å². The highest BCUT2D eigenvalue weighted by molar-refractivity contribution is 5.75. The molecule has 0 unspecified atom stereocenters. The predicted octanol–water partition coefficient (Wildman–Crippen LogP) is 3.51. The van der Waals surface area contributed by atoms with Crippen LogP contribution in [0.3, 0.4) is 0 Å². The molecule has 19 heavy (non-hydrogen) atoms. The minimum Gasteiger partial charge on any atom is -0.454 e. The van der Waals surface area contributed by atoms with Crippen LogP contribution in [0.25, 0.3) is 11.1 Å². The van der Waals surface area contributed by atoms with Crippen molar-refractivity contribution < 1.29 is 13.9 Å². The zero-order valence-electron chi connectivity index (χ0n) is 10.4. The highest BCUT2D eigenvalue weighted by Gasteiger charge is 2.17. The lowest BCUT2D eigenvalue weighted by Gasteiger charge is -2.08. The van der Waals surface area contributed by atoms with Crippen LogP contribution >= 0.6 is 0 Å². The number of hydrogen-bond donors (Lipinski definition) is 0. The maximum absolute atomic E-state index is 13.7. The fourth-order valence-electron chi connectivity index (χ4n) is 2.06. The summed E-state index contributed by atoms with van der Waals surface area (Å²) < 4.78 is 24.3. The first-order valence-corrected chi connectivity index (χ1v) is 5.86. The maximum Gasteiger partial charge on any atom is 0.231 e. The van der Waals surface area contributed by atoms with Crippen molar-refractivity contribution in [2.75, 3.05) is 6.79 Å². The van der Waals surface area contributed by atoms with E-state index in [2.05, 4.69) is 5.92 Å². The number of aryl methyl sites for hydroxylation is 1. The summed E-state index contributed by atoms with van der Waals surface area (Å²) in [6.07, 6.45) is 5.51. The number of fused-ring (bicyclic) bond motifs is 1. The normalized spacial score (nSPS) is 12.3. The van der Waals surface area contributed by atoms with Crippen molar-refractivity contribution in [2.24, 2.45) is 0 Å². The molecule has 0 amide bonds. The fraction of sp³-hybridized carbons (Fsp3) is 0.125. The van der Waals surface area contributed by atoms with Gasteiger partial charge in [-0.1, -0.05) is 18.1 Å². The van der Waals surface area contributed by atoms with E-state index in [4.69, 9.17) is 15.9 Å². The minimum absolute atomic E-state index is 0.186. The SMILES string of the molecule is C#Cc1cc2c(cc1-c1ccc(C)c(F)c1)OCO2. The zero-order valence-corrected chi connectivity index (χ0v) is 10.4. The lowest BCUT2D eigenvalue weighted by molar-refractivity contribution is 0.174. The fourth-order valence-corrected chi connectivity index (χ4v) is 2.06. The Kier molecular flexibility index (Phi) is 2.64. The number of halogens is 1. The molecule has 0 fully saturated rings. The van der Waals surface area contributed by atoms with Crippen LogP contribution in [0.4, 0.5) is 4.39 Å². The molecule has 0 aromatic heterocycles. The molecule has 2 aromatic carbocycles. The summed E-state index contributed by atoms with van der Waals surface area (Å²) in [4.78, 5) is 0. The first-order valence-electron chi connectivity index (χ1n) is 5.86. The summed E-state index contributed by atoms with van der Waals surface area (Å²) in [6.45, 7) is 1.91. The summed E-state index contributed by atoms with van der Waals surface area (Å²) in [5.74, 6) is 3.61. The Morgan fingerprint density at radius 1 is 1.16 bits per heavy atom. The summed E-state index contributed by atoms with van der Waals surface area (Å²) in [7, 11) is 0. The second kappa shape index (κ2) is 4.33. The predicted molar refractivity (Wildman–Crippen MR) is 70.6 cm³/mol. The van der Waals surface area contributed by atoms with E-state index >= 15 is 0 Å². The highest BCUT2D eigenvalue weighted by Crippen LogP contribution is 2.38. The molecule has 0 saturated carbocycles. The molecule has 1 aliphatic rings. The molecule has 2 aromatic rings. The van der Waals surface area contributed by atoms with Gasteiger partial charge in [0.1, 0.15) is 5.82 Å². The van der Waals surface area contributed by atoms with E-state index in [1.54, 1.807) is 25.1 Å². The van der Waals surface area contributed by atoms with Crippen LogP contribution in [-0.2, 0) is 0 Å². The van der Waals surface area contributed by atoms with Gasteiger partial charge in [-0.2, -0.15) is 0 Å². The lowest BCUT2D eigenvalue weighted by Crippen LogP contribution is -1.92. The second-order valence-electron chi connectivity index (χ2n) is 4.36. The molecule has 0 spiro atoms. The number of benzene rings is 2. The molecule has 0 saturated heterocycles. The maximum atomic E-state index is 13.7. The second-order valence-corrected chi connectivity index (χ2v) is 4.36. The summed E-state index contributed by atoms with van der Waals surface area (Å²) in [5.41, 5.74) is 2.76. The highest BCUT2D eigenvalue weighted by atomic mass is 19.1. The van der Waals surface area contributed by atoms with E-state index in [1.807, 2.05) is 6.07 Å². The molecule has 0 radical (unpaired) electrons. The quantitative estimate of drug-likeness (QED) is 0.725. The van der Waals surface area contributed by atoms with Gasteiger partial charge in [-0.15, -0.1) is 6.42 Å². The first kappa shape index (κ1) is 11.6. The van der Waals surface area contributed by atoms with Crippen molar-refractivity contribution in [1.29, 1.82) is 0 Å². The standard InChI is InChI=1S/C16H11FO2/c1-3-11-7-15-16(19-9-18-15)8-13(11)12-5-4-10(2)14(17)6-12/h1,4-8H,9H2,2H3. The van der Waals surface area contributed by atoms with Gasteiger partial charge in [-0.3, -0.25) is 0 Å². The number of terminal acetylenes is 1. The van der Waals surface area contributed by atoms with Gasteiger partial charge in [0.2, 0.25) is 6.79 Å². The van der Waals surface area contributed by atoms with E-state index in [-0.39, 0.29) is 12.6 Å². The van der Waals surface area contributed by atoms with Crippen LogP contribution in [0, 0.1) is 25.1 Å². The largest absolute Gasteiger partial charge is 0.454 e. The van der Waals surface area contributed by atoms with Gasteiger partial charge < -0.3 is 9.47 Å². The van der Waals surface area contributed by atoms with Crippen molar-refractivity contribution in [1.82, 2.24) is 0 Å². The van der Waals surface area contributed by atoms with Crippen LogP contribution in [0.15, 0.2) is 30.3 Å². The monoisotopic (exact) mass is 254 g/mol. The van der Waals surface area contributed by atoms with Crippen LogP contribution in [0.2, 0.25) is 0 Å². The summed E-state index contributed by atoms with van der Waals surface area (Å²) >= 11 is 0. The van der Waals surface area contributed by atoms with Crippen LogP contribution in [0.5, 0.6) is 11.5 Å². The third-order valence-electron chi connectivity index (χ3n) is 3.15. The van der Waals surface area contributed by atoms with E-state index in [1.165, 1.54) is 6.07 Å². The van der Waals surface area contributed by atoms with E-state index in [9.17, 15) is 4.39 Å². The molecule has 1 heterocycles. The van der Waals surface area contributed by atoms with Gasteiger partial charge in [0.25, 0.3) is 0 Å². The van der Waals surface area contributed by atoms with Gasteiger partial charge in [-0.05, 0) is 30.2 Å². The molecule has 0 aliphatic carbocycles. The van der Waals surface area contributed by atoms with Gasteiger partial charge in [0.05, 0.1) is 0 Å². The van der Waals surface area contributed by atoms with E-state index in [0.717, 1.165) is 11.1 Å². The third-order valence-corrected chi connectivity index (χ3v) is 3.15. The molecule has 0 N–H and O–H groups in total. The van der Waals surface area contributed by atoms with Gasteiger partial charge >= 0.3 is 0 Å². The third kappa shape index (κ3) is 1.92. The molecule has 3 rings (SSSR count). The van der Waals surface area contributed by atoms with Gasteiger partial charge in [-0.25, -0.2) is 4.39 Å². The van der Waals surface area contributed by atoms with Crippen LogP contribution in [0.1, 0.15) is 11.1 Å². The molecule has 94 valence electrons. The van der Waals surface area contributed by atoms with E-state index in [0.29, 0.717) is 22.6 Å². The van der Waals surface area contributed by atoms with Crippen molar-refractivity contribution in [2.45, 2.75) is 6.92 Å². The van der Waals surface area contributed by atoms with Crippen molar-refractivity contribution >= 4 is 0 Å². The summed E-state index contributed by atoms with van der Waals surface area (Å²) in [6, 6.07) is 8.59. The molecule has 3 heteroatoms. The smallest absolute Gasteiger partial charge is 0.231 e. The Bertz CT molecular complexity index is 699. The molecular weight excluding hydrogens is 243 g/mol. The molecule has 2 nitrogen and oxygen atoms in total. The number of hydrogen-bond acceptors (Lipinski definition) is 2. The zero-order chi connectivity index (χ0) is 13.4.